The van der Waals surface area contributed by atoms with Gasteiger partial charge in [0.2, 0.25) is 0 Å². The zero-order valence-electron chi connectivity index (χ0n) is 8.56. The Hall–Kier alpha value is -1.62. The van der Waals surface area contributed by atoms with E-state index in [-0.39, 0.29) is 5.82 Å². The van der Waals surface area contributed by atoms with Crippen LogP contribution in [0.3, 0.4) is 0 Å². The molecule has 0 spiro atoms. The highest BCUT2D eigenvalue weighted by atomic mass is 19.1. The van der Waals surface area contributed by atoms with Crippen LogP contribution in [-0.2, 0) is 0 Å². The largest absolute Gasteiger partial charge is 0.207 e. The van der Waals surface area contributed by atoms with Gasteiger partial charge in [0.05, 0.1) is 11.6 Å². The fourth-order valence-corrected chi connectivity index (χ4v) is 1.19. The van der Waals surface area contributed by atoms with Gasteiger partial charge in [-0.1, -0.05) is 5.57 Å². The van der Waals surface area contributed by atoms with Crippen LogP contribution >= 0.6 is 0 Å². The number of halogens is 1. The molecule has 0 amide bonds. The Morgan fingerprint density at radius 2 is 1.93 bits per heavy atom. The lowest BCUT2D eigenvalue weighted by molar-refractivity contribution is 0.627. The van der Waals surface area contributed by atoms with Crippen LogP contribution in [0.25, 0.3) is 5.57 Å². The molecule has 0 N–H and O–H groups in total. The van der Waals surface area contributed by atoms with E-state index in [9.17, 15) is 4.39 Å². The van der Waals surface area contributed by atoms with Gasteiger partial charge in [0.1, 0.15) is 5.82 Å². The van der Waals surface area contributed by atoms with Crippen LogP contribution in [0.2, 0.25) is 0 Å². The number of benzene rings is 1. The second-order valence-corrected chi connectivity index (χ2v) is 3.43. The van der Waals surface area contributed by atoms with E-state index in [0.29, 0.717) is 11.1 Å². The predicted molar refractivity (Wildman–Crippen MR) is 55.1 cm³/mol. The number of nitrogens with zero attached hydrogens (tertiary/aromatic N) is 1. The summed E-state index contributed by atoms with van der Waals surface area (Å²) in [4.78, 5) is 0. The van der Waals surface area contributed by atoms with E-state index >= 15 is 0 Å². The predicted octanol–water partition coefficient (Wildman–Crippen LogP) is 3.51. The Morgan fingerprint density at radius 3 is 2.43 bits per heavy atom. The Balaban J connectivity index is 3.41. The average Bonchev–Trinajstić information content (AvgIpc) is 2.16. The van der Waals surface area contributed by atoms with Gasteiger partial charge in [-0.2, -0.15) is 5.26 Å². The molecule has 0 aliphatic heterocycles. The maximum absolute atomic E-state index is 13.0. The first kappa shape index (κ1) is 10.5. The third kappa shape index (κ3) is 2.00. The van der Waals surface area contributed by atoms with Gasteiger partial charge < -0.3 is 0 Å². The summed E-state index contributed by atoms with van der Waals surface area (Å²) in [5.41, 5.74) is 3.26. The number of allylic oxidation sites excluding steroid dienone is 2. The van der Waals surface area contributed by atoms with Crippen molar-refractivity contribution in [3.05, 3.63) is 40.7 Å². The molecule has 0 heterocycles. The van der Waals surface area contributed by atoms with Crippen molar-refractivity contribution in [2.75, 3.05) is 0 Å². The second kappa shape index (κ2) is 4.06. The summed E-state index contributed by atoms with van der Waals surface area (Å²) in [6.07, 6.45) is 0. The Bertz CT molecular complexity index is 420. The fourth-order valence-electron chi connectivity index (χ4n) is 1.19. The lowest BCUT2D eigenvalue weighted by atomic mass is 9.98. The molecule has 0 fully saturated rings. The molecule has 0 unspecified atom stereocenters. The van der Waals surface area contributed by atoms with Crippen LogP contribution in [0.4, 0.5) is 4.39 Å². The van der Waals surface area contributed by atoms with Crippen LogP contribution in [0.1, 0.15) is 31.9 Å². The summed E-state index contributed by atoms with van der Waals surface area (Å²) < 4.78 is 13.0. The van der Waals surface area contributed by atoms with Gasteiger partial charge in [0, 0.05) is 0 Å². The highest BCUT2D eigenvalue weighted by molar-refractivity contribution is 5.71. The van der Waals surface area contributed by atoms with Crippen LogP contribution in [0, 0.1) is 17.1 Å². The molecule has 2 heteroatoms. The van der Waals surface area contributed by atoms with Crippen LogP contribution < -0.4 is 0 Å². The van der Waals surface area contributed by atoms with Gasteiger partial charge in [0.25, 0.3) is 0 Å². The smallest absolute Gasteiger partial charge is 0.123 e. The Kier molecular flexibility index (Phi) is 3.03. The number of nitriles is 1. The molecular weight excluding hydrogens is 177 g/mol. The number of rotatable bonds is 1. The molecule has 0 atom stereocenters. The lowest BCUT2D eigenvalue weighted by Crippen LogP contribution is -1.90. The van der Waals surface area contributed by atoms with Gasteiger partial charge >= 0.3 is 0 Å². The first-order chi connectivity index (χ1) is 6.56. The van der Waals surface area contributed by atoms with Gasteiger partial charge in [-0.05, 0) is 50.1 Å². The Morgan fingerprint density at radius 1 is 1.29 bits per heavy atom. The topological polar surface area (TPSA) is 23.8 Å². The molecule has 1 aromatic carbocycles. The van der Waals surface area contributed by atoms with E-state index < -0.39 is 0 Å². The summed E-state index contributed by atoms with van der Waals surface area (Å²) in [6, 6.07) is 6.28. The standard InChI is InChI=1S/C12H12FN/c1-8(2)9(3)12-6-11(13)5-4-10(12)7-14/h4-6H,1-3H3. The molecule has 0 saturated carbocycles. The maximum atomic E-state index is 13.0. The van der Waals surface area contributed by atoms with Crippen molar-refractivity contribution in [1.82, 2.24) is 0 Å². The molecule has 72 valence electrons. The van der Waals surface area contributed by atoms with E-state index in [1.165, 1.54) is 18.2 Å². The molecule has 0 saturated heterocycles. The minimum Gasteiger partial charge on any atom is -0.207 e. The lowest BCUT2D eigenvalue weighted by Gasteiger charge is -2.06. The number of hydrogen-bond acceptors (Lipinski definition) is 1. The van der Waals surface area contributed by atoms with Crippen molar-refractivity contribution in [1.29, 1.82) is 5.26 Å². The fraction of sp³-hybridized carbons (Fsp3) is 0.250. The van der Waals surface area contributed by atoms with Gasteiger partial charge in [-0.25, -0.2) is 4.39 Å². The van der Waals surface area contributed by atoms with Crippen molar-refractivity contribution in [3.63, 3.8) is 0 Å². The molecule has 0 aromatic heterocycles. The summed E-state index contributed by atoms with van der Waals surface area (Å²) in [7, 11) is 0. The molecule has 1 nitrogen and oxygen atoms in total. The molecule has 1 aromatic rings. The highest BCUT2D eigenvalue weighted by Crippen LogP contribution is 2.22. The van der Waals surface area contributed by atoms with E-state index in [0.717, 1.165) is 11.1 Å². The minimum absolute atomic E-state index is 0.306. The van der Waals surface area contributed by atoms with Crippen molar-refractivity contribution < 1.29 is 4.39 Å². The molecule has 0 aliphatic rings. The third-order valence-corrected chi connectivity index (χ3v) is 2.26. The first-order valence-electron chi connectivity index (χ1n) is 4.40. The van der Waals surface area contributed by atoms with Crippen LogP contribution in [0.5, 0.6) is 0 Å². The molecule has 14 heavy (non-hydrogen) atoms. The van der Waals surface area contributed by atoms with Crippen LogP contribution in [-0.4, -0.2) is 0 Å². The van der Waals surface area contributed by atoms with Gasteiger partial charge in [0.15, 0.2) is 0 Å². The van der Waals surface area contributed by atoms with E-state index in [1.54, 1.807) is 0 Å². The minimum atomic E-state index is -0.306. The molecule has 0 aliphatic carbocycles. The molecule has 0 radical (unpaired) electrons. The highest BCUT2D eigenvalue weighted by Gasteiger charge is 2.06. The zero-order chi connectivity index (χ0) is 10.7. The number of hydrogen-bond donors (Lipinski definition) is 0. The molecule has 1 rings (SSSR count). The molecular formula is C12H12FN. The third-order valence-electron chi connectivity index (χ3n) is 2.26. The Labute approximate surface area is 83.5 Å². The van der Waals surface area contributed by atoms with Crippen molar-refractivity contribution in [2.45, 2.75) is 20.8 Å². The SMILES string of the molecule is CC(C)=C(C)c1cc(F)ccc1C#N. The summed E-state index contributed by atoms with van der Waals surface area (Å²) in [6.45, 7) is 5.79. The van der Waals surface area contributed by atoms with Crippen molar-refractivity contribution in [3.8, 4) is 6.07 Å². The van der Waals surface area contributed by atoms with E-state index in [2.05, 4.69) is 6.07 Å². The monoisotopic (exact) mass is 189 g/mol. The average molecular weight is 189 g/mol. The normalized spacial score (nSPS) is 9.36. The quantitative estimate of drug-likeness (QED) is 0.663. The summed E-state index contributed by atoms with van der Waals surface area (Å²) in [5.74, 6) is -0.306. The summed E-state index contributed by atoms with van der Waals surface area (Å²) >= 11 is 0. The first-order valence-corrected chi connectivity index (χ1v) is 4.40. The van der Waals surface area contributed by atoms with Gasteiger partial charge in [-0.15, -0.1) is 0 Å². The van der Waals surface area contributed by atoms with Gasteiger partial charge in [-0.3, -0.25) is 0 Å². The van der Waals surface area contributed by atoms with E-state index in [4.69, 9.17) is 5.26 Å². The zero-order valence-corrected chi connectivity index (χ0v) is 8.56. The summed E-state index contributed by atoms with van der Waals surface area (Å²) in [5, 5.41) is 8.84. The second-order valence-electron chi connectivity index (χ2n) is 3.43. The van der Waals surface area contributed by atoms with Crippen molar-refractivity contribution in [2.24, 2.45) is 0 Å². The maximum Gasteiger partial charge on any atom is 0.123 e. The molecule has 0 bridgehead atoms. The van der Waals surface area contributed by atoms with Crippen LogP contribution in [0.15, 0.2) is 23.8 Å². The van der Waals surface area contributed by atoms with E-state index in [1.807, 2.05) is 20.8 Å². The van der Waals surface area contributed by atoms with Crippen molar-refractivity contribution >= 4 is 5.57 Å².